The zero-order valence-electron chi connectivity index (χ0n) is 24.3. The Morgan fingerprint density at radius 3 is 2.67 bits per heavy atom. The van der Waals surface area contributed by atoms with Gasteiger partial charge in [-0.15, -0.1) is 11.3 Å². The summed E-state index contributed by atoms with van der Waals surface area (Å²) in [6, 6.07) is 10.4. The van der Waals surface area contributed by atoms with Crippen LogP contribution in [0.1, 0.15) is 29.1 Å². The number of nitrogens with one attached hydrogen (secondary N) is 1. The second kappa shape index (κ2) is 13.1. The standard InChI is InChI=1S/C31H30BrFN6O5S/c1-2-44-30(42)26-24(35-28(29-34-9-12-45-29)36-27(26)22-8-5-19(33)14-23(22)32)17-37-10-11-38-21(15-37)16-39(31(38)43)20-6-3-18(4-7-20)13-25(40)41/h3-9,12,14,21,27H,2,10-11,13,15-17H2,1H3,(H,35,36)(H,40,41)/t21-,27-/m0/s1. The molecular weight excluding hydrogens is 667 g/mol. The number of carbonyl (C=O) groups is 3. The second-order valence-corrected chi connectivity index (χ2v) is 12.6. The van der Waals surface area contributed by atoms with Gasteiger partial charge in [-0.1, -0.05) is 34.1 Å². The number of carboxylic acid groups (broad SMARTS) is 1. The smallest absolute Gasteiger partial charge is 0.338 e. The molecule has 2 N–H and O–H groups in total. The fraction of sp³-hybridized carbons (Fsp3) is 0.323. The third-order valence-corrected chi connectivity index (χ3v) is 9.40. The lowest BCUT2D eigenvalue weighted by Gasteiger charge is -2.38. The molecular formula is C31H30BrFN6O5S. The monoisotopic (exact) mass is 696 g/mol. The van der Waals surface area contributed by atoms with E-state index in [1.165, 1.54) is 23.5 Å². The third-order valence-electron chi connectivity index (χ3n) is 7.94. The molecule has 0 bridgehead atoms. The van der Waals surface area contributed by atoms with Gasteiger partial charge < -0.3 is 20.1 Å². The van der Waals surface area contributed by atoms with E-state index < -0.39 is 23.8 Å². The van der Waals surface area contributed by atoms with Crippen LogP contribution in [-0.2, 0) is 20.7 Å². The highest BCUT2D eigenvalue weighted by molar-refractivity contribution is 9.10. The summed E-state index contributed by atoms with van der Waals surface area (Å²) in [5.41, 5.74) is 2.94. The molecule has 234 valence electrons. The molecule has 2 fully saturated rings. The minimum atomic E-state index is -0.910. The van der Waals surface area contributed by atoms with Crippen molar-refractivity contribution in [2.45, 2.75) is 25.4 Å². The molecule has 0 saturated carbocycles. The van der Waals surface area contributed by atoms with Crippen LogP contribution < -0.4 is 10.2 Å². The van der Waals surface area contributed by atoms with Crippen molar-refractivity contribution in [1.82, 2.24) is 20.1 Å². The summed E-state index contributed by atoms with van der Waals surface area (Å²) < 4.78 is 20.0. The van der Waals surface area contributed by atoms with Crippen LogP contribution in [0.4, 0.5) is 14.9 Å². The van der Waals surface area contributed by atoms with Crippen molar-refractivity contribution in [3.63, 3.8) is 0 Å². The molecule has 1 aromatic heterocycles. The molecule has 3 aliphatic heterocycles. The number of carbonyl (C=O) groups excluding carboxylic acids is 2. The van der Waals surface area contributed by atoms with E-state index in [-0.39, 0.29) is 25.1 Å². The minimum Gasteiger partial charge on any atom is -0.481 e. The van der Waals surface area contributed by atoms with Crippen LogP contribution in [0.15, 0.2) is 74.8 Å². The number of urea groups is 1. The van der Waals surface area contributed by atoms with Crippen molar-refractivity contribution >= 4 is 56.8 Å². The molecule has 3 aliphatic rings. The van der Waals surface area contributed by atoms with Gasteiger partial charge in [-0.25, -0.2) is 19.0 Å². The molecule has 3 aromatic rings. The first-order valence-corrected chi connectivity index (χ1v) is 16.1. The van der Waals surface area contributed by atoms with Crippen molar-refractivity contribution in [2.75, 3.05) is 44.2 Å². The molecule has 2 amide bonds. The number of piperazine rings is 1. The summed E-state index contributed by atoms with van der Waals surface area (Å²) in [6.45, 7) is 4.38. The fourth-order valence-corrected chi connectivity index (χ4v) is 7.05. The predicted octanol–water partition coefficient (Wildman–Crippen LogP) is 4.21. The van der Waals surface area contributed by atoms with Gasteiger partial charge in [-0.3, -0.25) is 19.6 Å². The lowest BCUT2D eigenvalue weighted by atomic mass is 9.95. The topological polar surface area (TPSA) is 128 Å². The SMILES string of the molecule is CCOC(=O)C1=C(CN2CCN3C(=O)N(c4ccc(CC(=O)O)cc4)C[C@@H]3C2)NC(c2nccs2)=N[C@H]1c1ccc(F)cc1Br. The molecule has 14 heteroatoms. The van der Waals surface area contributed by atoms with Crippen molar-refractivity contribution < 1.29 is 28.6 Å². The van der Waals surface area contributed by atoms with Gasteiger partial charge in [-0.05, 0) is 42.3 Å². The molecule has 0 unspecified atom stereocenters. The minimum absolute atomic E-state index is 0.0798. The number of carboxylic acids is 1. The van der Waals surface area contributed by atoms with Crippen molar-refractivity contribution in [3.8, 4) is 0 Å². The maximum Gasteiger partial charge on any atom is 0.338 e. The molecule has 11 nitrogen and oxygen atoms in total. The van der Waals surface area contributed by atoms with Gasteiger partial charge in [0.25, 0.3) is 0 Å². The van der Waals surface area contributed by atoms with Gasteiger partial charge in [0.2, 0.25) is 0 Å². The highest BCUT2D eigenvalue weighted by atomic mass is 79.9. The fourth-order valence-electron chi connectivity index (χ4n) is 5.89. The number of thiazole rings is 1. The molecule has 4 heterocycles. The maximum atomic E-state index is 14.1. The molecule has 0 spiro atoms. The number of fused-ring (bicyclic) bond motifs is 1. The number of nitrogens with zero attached hydrogens (tertiary/aromatic N) is 5. The summed E-state index contributed by atoms with van der Waals surface area (Å²) in [7, 11) is 0. The van der Waals surface area contributed by atoms with Gasteiger partial charge in [0.05, 0.1) is 24.6 Å². The Kier molecular flexibility index (Phi) is 8.97. The number of hydrogen-bond acceptors (Lipinski definition) is 9. The van der Waals surface area contributed by atoms with Gasteiger partial charge in [0.15, 0.2) is 10.8 Å². The van der Waals surface area contributed by atoms with E-state index in [0.717, 1.165) is 0 Å². The quantitative estimate of drug-likeness (QED) is 0.319. The zero-order chi connectivity index (χ0) is 31.7. The lowest BCUT2D eigenvalue weighted by molar-refractivity contribution is -0.139. The number of hydrogen-bond donors (Lipinski definition) is 2. The summed E-state index contributed by atoms with van der Waals surface area (Å²) in [4.78, 5) is 53.0. The van der Waals surface area contributed by atoms with E-state index >= 15 is 0 Å². The second-order valence-electron chi connectivity index (χ2n) is 10.8. The number of anilines is 1. The Labute approximate surface area is 271 Å². The van der Waals surface area contributed by atoms with Crippen LogP contribution in [0.25, 0.3) is 0 Å². The summed E-state index contributed by atoms with van der Waals surface area (Å²) >= 11 is 4.87. The molecule has 2 saturated heterocycles. The third kappa shape index (κ3) is 6.49. The zero-order valence-corrected chi connectivity index (χ0v) is 26.7. The largest absolute Gasteiger partial charge is 0.481 e. The van der Waals surface area contributed by atoms with Crippen LogP contribution in [0, 0.1) is 5.82 Å². The summed E-state index contributed by atoms with van der Waals surface area (Å²) in [6.07, 6.45) is 1.60. The number of rotatable bonds is 9. The normalized spacial score (nSPS) is 20.2. The Morgan fingerprint density at radius 1 is 1.18 bits per heavy atom. The predicted molar refractivity (Wildman–Crippen MR) is 170 cm³/mol. The first-order valence-electron chi connectivity index (χ1n) is 14.4. The van der Waals surface area contributed by atoms with E-state index in [1.807, 2.05) is 10.3 Å². The van der Waals surface area contributed by atoms with E-state index in [2.05, 4.69) is 31.1 Å². The van der Waals surface area contributed by atoms with E-state index in [1.54, 1.807) is 48.4 Å². The maximum absolute atomic E-state index is 14.1. The Hall–Kier alpha value is -4.14. The number of ether oxygens (including phenoxy) is 1. The molecule has 6 rings (SSSR count). The number of benzene rings is 2. The molecule has 0 aliphatic carbocycles. The van der Waals surface area contributed by atoms with Crippen LogP contribution in [-0.4, -0.2) is 89.1 Å². The Balaban J connectivity index is 1.27. The number of amidine groups is 1. The number of esters is 1. The number of halogens is 2. The summed E-state index contributed by atoms with van der Waals surface area (Å²) in [5.74, 6) is -1.34. The molecule has 45 heavy (non-hydrogen) atoms. The average Bonchev–Trinajstić information content (AvgIpc) is 3.66. The van der Waals surface area contributed by atoms with E-state index in [9.17, 15) is 18.8 Å². The first-order chi connectivity index (χ1) is 21.7. The number of aliphatic imine (C=N–C) groups is 1. The van der Waals surface area contributed by atoms with Crippen LogP contribution in [0.2, 0.25) is 0 Å². The van der Waals surface area contributed by atoms with Crippen LogP contribution >= 0.6 is 27.3 Å². The summed E-state index contributed by atoms with van der Waals surface area (Å²) in [5, 5.41) is 14.9. The number of aromatic nitrogens is 1. The number of aliphatic carboxylic acids is 1. The van der Waals surface area contributed by atoms with Gasteiger partial charge in [0.1, 0.15) is 11.9 Å². The van der Waals surface area contributed by atoms with Gasteiger partial charge in [-0.2, -0.15) is 0 Å². The highest BCUT2D eigenvalue weighted by Crippen LogP contribution is 2.37. The van der Waals surface area contributed by atoms with Gasteiger partial charge in [0, 0.05) is 60.2 Å². The average molecular weight is 698 g/mol. The Bertz CT molecular complexity index is 1680. The first kappa shape index (κ1) is 30.9. The van der Waals surface area contributed by atoms with Gasteiger partial charge >= 0.3 is 18.0 Å². The highest BCUT2D eigenvalue weighted by Gasteiger charge is 2.42. The Morgan fingerprint density at radius 2 is 1.98 bits per heavy atom. The van der Waals surface area contributed by atoms with Crippen molar-refractivity contribution in [2.24, 2.45) is 4.99 Å². The molecule has 0 radical (unpaired) electrons. The number of amides is 2. The molecule has 2 aromatic carbocycles. The molecule has 2 atom stereocenters. The van der Waals surface area contributed by atoms with Crippen LogP contribution in [0.5, 0.6) is 0 Å². The van der Waals surface area contributed by atoms with Crippen LogP contribution in [0.3, 0.4) is 0 Å². The van der Waals surface area contributed by atoms with Crippen molar-refractivity contribution in [1.29, 1.82) is 0 Å². The van der Waals surface area contributed by atoms with Crippen molar-refractivity contribution in [3.05, 3.63) is 91.7 Å². The lowest BCUT2D eigenvalue weighted by Crippen LogP contribution is -2.53. The van der Waals surface area contributed by atoms with E-state index in [4.69, 9.17) is 14.8 Å². The van der Waals surface area contributed by atoms with E-state index in [0.29, 0.717) is 76.1 Å².